The highest BCUT2D eigenvalue weighted by Crippen LogP contribution is 2.10. The zero-order valence-corrected chi connectivity index (χ0v) is 6.03. The van der Waals surface area contributed by atoms with E-state index in [1.54, 1.807) is 0 Å². The first-order valence-corrected chi connectivity index (χ1v) is 3.03. The number of carboxylic acids is 1. The maximum Gasteiger partial charge on any atom is 0.339 e. The van der Waals surface area contributed by atoms with Crippen LogP contribution in [0.4, 0.5) is 0 Å². The number of furan rings is 1. The van der Waals surface area contributed by atoms with Crippen molar-refractivity contribution < 1.29 is 19.1 Å². The van der Waals surface area contributed by atoms with Crippen LogP contribution in [0.3, 0.4) is 0 Å². The summed E-state index contributed by atoms with van der Waals surface area (Å²) in [4.78, 5) is 10.4. The van der Waals surface area contributed by atoms with Gasteiger partial charge in [0, 0.05) is 12.7 Å². The van der Waals surface area contributed by atoms with Crippen LogP contribution < -0.4 is 0 Å². The second kappa shape index (κ2) is 3.21. The van der Waals surface area contributed by atoms with E-state index >= 15 is 0 Å². The Morgan fingerprint density at radius 3 is 3.00 bits per heavy atom. The molecule has 0 saturated heterocycles. The van der Waals surface area contributed by atoms with Gasteiger partial charge in [0.25, 0.3) is 0 Å². The Balaban J connectivity index is 2.87. The van der Waals surface area contributed by atoms with Crippen LogP contribution in [0.2, 0.25) is 0 Å². The second-order valence-electron chi connectivity index (χ2n) is 2.05. The molecular weight excluding hydrogens is 148 g/mol. The molecule has 0 saturated carbocycles. The summed E-state index contributed by atoms with van der Waals surface area (Å²) in [5.41, 5.74) is 0.715. The van der Waals surface area contributed by atoms with E-state index in [0.29, 0.717) is 5.56 Å². The quantitative estimate of drug-likeness (QED) is 0.712. The van der Waals surface area contributed by atoms with Crippen LogP contribution in [-0.2, 0) is 11.3 Å². The van der Waals surface area contributed by atoms with Crippen molar-refractivity contribution in [1.29, 1.82) is 0 Å². The highest BCUT2D eigenvalue weighted by molar-refractivity contribution is 5.88. The summed E-state index contributed by atoms with van der Waals surface area (Å²) in [6.07, 6.45) is 2.56. The fraction of sp³-hybridized carbons (Fsp3) is 0.286. The summed E-state index contributed by atoms with van der Waals surface area (Å²) in [6.45, 7) is 0.262. The first-order valence-electron chi connectivity index (χ1n) is 3.03. The van der Waals surface area contributed by atoms with Crippen LogP contribution >= 0.6 is 0 Å². The molecule has 60 valence electrons. The van der Waals surface area contributed by atoms with Gasteiger partial charge in [-0.05, 0) is 0 Å². The third kappa shape index (κ3) is 1.59. The Bertz CT molecular complexity index is 251. The molecule has 0 aliphatic carbocycles. The van der Waals surface area contributed by atoms with E-state index in [0.717, 1.165) is 0 Å². The van der Waals surface area contributed by atoms with Gasteiger partial charge in [-0.15, -0.1) is 0 Å². The van der Waals surface area contributed by atoms with Crippen molar-refractivity contribution in [3.8, 4) is 0 Å². The van der Waals surface area contributed by atoms with Crippen molar-refractivity contribution >= 4 is 5.97 Å². The predicted molar refractivity (Wildman–Crippen MR) is 36.4 cm³/mol. The lowest BCUT2D eigenvalue weighted by Gasteiger charge is -1.94. The van der Waals surface area contributed by atoms with Crippen LogP contribution in [0.25, 0.3) is 0 Å². The fourth-order valence-corrected chi connectivity index (χ4v) is 0.778. The van der Waals surface area contributed by atoms with Gasteiger partial charge in [0.1, 0.15) is 11.8 Å². The van der Waals surface area contributed by atoms with Crippen LogP contribution in [-0.4, -0.2) is 18.2 Å². The first kappa shape index (κ1) is 7.81. The Morgan fingerprint density at radius 1 is 1.73 bits per heavy atom. The minimum atomic E-state index is -0.995. The van der Waals surface area contributed by atoms with E-state index < -0.39 is 5.97 Å². The second-order valence-corrected chi connectivity index (χ2v) is 2.05. The van der Waals surface area contributed by atoms with E-state index in [1.807, 2.05) is 0 Å². The molecule has 0 amide bonds. The number of aromatic carboxylic acids is 1. The molecule has 1 aromatic heterocycles. The van der Waals surface area contributed by atoms with Gasteiger partial charge in [0.15, 0.2) is 0 Å². The average molecular weight is 156 g/mol. The topological polar surface area (TPSA) is 59.7 Å². The molecule has 0 aliphatic heterocycles. The normalized spacial score (nSPS) is 9.91. The molecule has 1 aromatic rings. The third-order valence-electron chi connectivity index (χ3n) is 1.27. The predicted octanol–water partition coefficient (Wildman–Crippen LogP) is 1.12. The van der Waals surface area contributed by atoms with Gasteiger partial charge in [-0.25, -0.2) is 4.79 Å². The standard InChI is InChI=1S/C7H8O4/c1-10-2-5-3-11-4-6(5)7(8)9/h3-4H,2H2,1H3,(H,8,9). The Hall–Kier alpha value is -1.29. The molecular formula is C7H8O4. The van der Waals surface area contributed by atoms with Gasteiger partial charge in [-0.2, -0.15) is 0 Å². The molecule has 0 fully saturated rings. The number of methoxy groups -OCH3 is 1. The van der Waals surface area contributed by atoms with Gasteiger partial charge in [0.05, 0.1) is 12.9 Å². The zero-order valence-electron chi connectivity index (χ0n) is 6.03. The third-order valence-corrected chi connectivity index (χ3v) is 1.27. The molecule has 0 spiro atoms. The smallest absolute Gasteiger partial charge is 0.339 e. The van der Waals surface area contributed by atoms with Crippen molar-refractivity contribution in [2.75, 3.05) is 7.11 Å². The Labute approximate surface area is 63.4 Å². The summed E-state index contributed by atoms with van der Waals surface area (Å²) in [5, 5.41) is 8.57. The molecule has 4 heteroatoms. The maximum atomic E-state index is 10.4. The lowest BCUT2D eigenvalue weighted by atomic mass is 10.2. The Kier molecular flexibility index (Phi) is 2.28. The van der Waals surface area contributed by atoms with E-state index in [1.165, 1.54) is 19.6 Å². The van der Waals surface area contributed by atoms with Crippen LogP contribution in [0.15, 0.2) is 16.9 Å². The lowest BCUT2D eigenvalue weighted by Crippen LogP contribution is -1.99. The number of ether oxygens (including phenoxy) is 1. The molecule has 4 nitrogen and oxygen atoms in total. The fourth-order valence-electron chi connectivity index (χ4n) is 0.778. The van der Waals surface area contributed by atoms with Crippen molar-refractivity contribution in [2.24, 2.45) is 0 Å². The lowest BCUT2D eigenvalue weighted by molar-refractivity contribution is 0.0691. The summed E-state index contributed by atoms with van der Waals surface area (Å²) in [7, 11) is 1.50. The van der Waals surface area contributed by atoms with Gasteiger partial charge < -0.3 is 14.3 Å². The molecule has 1 heterocycles. The summed E-state index contributed by atoms with van der Waals surface area (Å²) in [6, 6.07) is 0. The zero-order chi connectivity index (χ0) is 8.27. The number of carbonyl (C=O) groups is 1. The van der Waals surface area contributed by atoms with E-state index in [4.69, 9.17) is 14.3 Å². The van der Waals surface area contributed by atoms with Gasteiger partial charge >= 0.3 is 5.97 Å². The van der Waals surface area contributed by atoms with E-state index in [9.17, 15) is 4.79 Å². The Morgan fingerprint density at radius 2 is 2.45 bits per heavy atom. The maximum absolute atomic E-state index is 10.4. The number of rotatable bonds is 3. The molecule has 0 atom stereocenters. The molecule has 1 N–H and O–H groups in total. The SMILES string of the molecule is COCc1cocc1C(=O)O. The highest BCUT2D eigenvalue weighted by atomic mass is 16.5. The largest absolute Gasteiger partial charge is 0.478 e. The van der Waals surface area contributed by atoms with Crippen molar-refractivity contribution in [3.63, 3.8) is 0 Å². The summed E-state index contributed by atoms with van der Waals surface area (Å²) in [5.74, 6) is -0.995. The van der Waals surface area contributed by atoms with Gasteiger partial charge in [-0.3, -0.25) is 0 Å². The number of hydrogen-bond donors (Lipinski definition) is 1. The minimum Gasteiger partial charge on any atom is -0.478 e. The van der Waals surface area contributed by atoms with Gasteiger partial charge in [0.2, 0.25) is 0 Å². The van der Waals surface area contributed by atoms with Crippen molar-refractivity contribution in [3.05, 3.63) is 23.7 Å². The summed E-state index contributed by atoms with van der Waals surface area (Å²) < 4.78 is 9.45. The first-order chi connectivity index (χ1) is 5.25. The average Bonchev–Trinajstić information content (AvgIpc) is 2.36. The molecule has 1 rings (SSSR count). The molecule has 0 aliphatic rings. The van der Waals surface area contributed by atoms with Crippen LogP contribution in [0.1, 0.15) is 15.9 Å². The minimum absolute atomic E-state index is 0.159. The molecule has 11 heavy (non-hydrogen) atoms. The summed E-state index contributed by atoms with van der Waals surface area (Å²) >= 11 is 0. The molecule has 0 radical (unpaired) electrons. The van der Waals surface area contributed by atoms with E-state index in [-0.39, 0.29) is 12.2 Å². The monoisotopic (exact) mass is 156 g/mol. The van der Waals surface area contributed by atoms with Crippen molar-refractivity contribution in [2.45, 2.75) is 6.61 Å². The van der Waals surface area contributed by atoms with Crippen LogP contribution in [0.5, 0.6) is 0 Å². The molecule has 0 aromatic carbocycles. The van der Waals surface area contributed by atoms with Gasteiger partial charge in [-0.1, -0.05) is 0 Å². The number of carboxylic acid groups (broad SMARTS) is 1. The molecule has 0 unspecified atom stereocenters. The van der Waals surface area contributed by atoms with E-state index in [2.05, 4.69) is 0 Å². The highest BCUT2D eigenvalue weighted by Gasteiger charge is 2.11. The van der Waals surface area contributed by atoms with Crippen LogP contribution in [0, 0.1) is 0 Å². The van der Waals surface area contributed by atoms with Crippen molar-refractivity contribution in [1.82, 2.24) is 0 Å². The number of hydrogen-bond acceptors (Lipinski definition) is 3. The molecule has 0 bridgehead atoms.